The second kappa shape index (κ2) is 6.85. The van der Waals surface area contributed by atoms with Crippen molar-refractivity contribution in [1.29, 1.82) is 0 Å². The highest BCUT2D eigenvalue weighted by molar-refractivity contribution is 8.18. The molecule has 6 nitrogen and oxygen atoms in total. The van der Waals surface area contributed by atoms with Crippen LogP contribution in [-0.4, -0.2) is 35.3 Å². The van der Waals surface area contributed by atoms with Gasteiger partial charge in [-0.1, -0.05) is 6.07 Å². The number of hydrogen-bond donors (Lipinski definition) is 2. The number of aromatic nitrogens is 1. The third-order valence-electron chi connectivity index (χ3n) is 4.24. The van der Waals surface area contributed by atoms with Crippen molar-refractivity contribution in [2.75, 3.05) is 13.1 Å². The van der Waals surface area contributed by atoms with Gasteiger partial charge in [-0.05, 0) is 67.5 Å². The van der Waals surface area contributed by atoms with Gasteiger partial charge in [-0.25, -0.2) is 0 Å². The third kappa shape index (κ3) is 3.52. The molecule has 3 heterocycles. The summed E-state index contributed by atoms with van der Waals surface area (Å²) in [6.45, 7) is 1.96. The van der Waals surface area contributed by atoms with Crippen LogP contribution in [0.4, 0.5) is 0 Å². The Bertz CT molecular complexity index is 888. The van der Waals surface area contributed by atoms with Crippen LogP contribution >= 0.6 is 11.8 Å². The van der Waals surface area contributed by atoms with Crippen molar-refractivity contribution in [2.24, 2.45) is 10.7 Å². The first-order valence-corrected chi connectivity index (χ1v) is 9.05. The lowest BCUT2D eigenvalue weighted by Gasteiger charge is -2.24. The highest BCUT2D eigenvalue weighted by Crippen LogP contribution is 2.30. The minimum atomic E-state index is -0.292. The summed E-state index contributed by atoms with van der Waals surface area (Å²) in [7, 11) is 0. The van der Waals surface area contributed by atoms with Crippen molar-refractivity contribution < 1.29 is 9.53 Å². The first-order chi connectivity index (χ1) is 12.2. The topological polar surface area (TPSA) is 89.6 Å². The molecule has 1 amide bonds. The molecule has 7 heteroatoms. The fourth-order valence-corrected chi connectivity index (χ4v) is 3.68. The molecular formula is C18H18N4O2S. The molecule has 0 bridgehead atoms. The summed E-state index contributed by atoms with van der Waals surface area (Å²) in [6, 6.07) is 7.76. The van der Waals surface area contributed by atoms with Crippen LogP contribution in [0.3, 0.4) is 0 Å². The van der Waals surface area contributed by atoms with E-state index in [9.17, 15) is 4.79 Å². The van der Waals surface area contributed by atoms with Crippen LogP contribution in [0.25, 0.3) is 17.0 Å². The fraction of sp³-hybridized carbons (Fsp3) is 0.278. The number of nitrogens with two attached hydrogens (primary N) is 1. The van der Waals surface area contributed by atoms with E-state index in [1.54, 1.807) is 12.3 Å². The highest BCUT2D eigenvalue weighted by atomic mass is 32.2. The lowest BCUT2D eigenvalue weighted by molar-refractivity contribution is -0.113. The zero-order chi connectivity index (χ0) is 17.2. The normalized spacial score (nSPS) is 20.2. The quantitative estimate of drug-likeness (QED) is 0.822. The Hall–Kier alpha value is -2.38. The van der Waals surface area contributed by atoms with E-state index in [-0.39, 0.29) is 17.2 Å². The Morgan fingerprint density at radius 3 is 2.88 bits per heavy atom. The average molecular weight is 354 g/mol. The van der Waals surface area contributed by atoms with Crippen LogP contribution in [0.5, 0.6) is 5.75 Å². The van der Waals surface area contributed by atoms with Crippen molar-refractivity contribution in [3.8, 4) is 5.75 Å². The molecule has 0 unspecified atom stereocenters. The number of benzene rings is 1. The number of nitrogens with zero attached hydrogens (tertiary/aromatic N) is 2. The molecule has 0 spiro atoms. The van der Waals surface area contributed by atoms with Gasteiger partial charge >= 0.3 is 0 Å². The van der Waals surface area contributed by atoms with Crippen molar-refractivity contribution in [2.45, 2.75) is 18.9 Å². The lowest BCUT2D eigenvalue weighted by Crippen LogP contribution is -2.34. The number of nitrogens with one attached hydrogen (secondary N) is 1. The molecule has 128 valence electrons. The zero-order valence-electron chi connectivity index (χ0n) is 13.6. The van der Waals surface area contributed by atoms with Gasteiger partial charge in [0, 0.05) is 11.6 Å². The number of thioether (sulfide) groups is 1. The van der Waals surface area contributed by atoms with Gasteiger partial charge < -0.3 is 15.8 Å². The van der Waals surface area contributed by atoms with E-state index in [2.05, 4.69) is 15.3 Å². The van der Waals surface area contributed by atoms with Gasteiger partial charge in [0.1, 0.15) is 11.9 Å². The maximum atomic E-state index is 11.8. The highest BCUT2D eigenvalue weighted by Gasteiger charge is 2.20. The standard InChI is InChI=1S/C18H18N4O2S/c19-18-22-17(23)16(25-18)10-11-1-2-14-13(9-11)15(5-8-21-14)24-12-3-6-20-7-4-12/h1-2,5,8-10,12,20H,3-4,6-7H2,(H2,19,22,23)/b16-10+. The molecule has 2 aliphatic rings. The summed E-state index contributed by atoms with van der Waals surface area (Å²) in [5, 5.41) is 4.57. The van der Waals surface area contributed by atoms with E-state index in [0.29, 0.717) is 4.91 Å². The average Bonchev–Trinajstić information content (AvgIpc) is 2.93. The maximum Gasteiger partial charge on any atom is 0.286 e. The van der Waals surface area contributed by atoms with Crippen molar-refractivity contribution in [3.05, 3.63) is 40.9 Å². The molecule has 0 saturated carbocycles. The van der Waals surface area contributed by atoms with Gasteiger partial charge in [-0.3, -0.25) is 9.78 Å². The van der Waals surface area contributed by atoms with Crippen LogP contribution in [-0.2, 0) is 4.79 Å². The summed E-state index contributed by atoms with van der Waals surface area (Å²) in [5.41, 5.74) is 7.37. The second-order valence-electron chi connectivity index (χ2n) is 6.02. The molecule has 25 heavy (non-hydrogen) atoms. The Kier molecular flexibility index (Phi) is 4.42. The number of carbonyl (C=O) groups is 1. The molecule has 1 aromatic carbocycles. The van der Waals surface area contributed by atoms with Crippen LogP contribution in [0, 0.1) is 0 Å². The summed E-state index contributed by atoms with van der Waals surface area (Å²) in [6.07, 6.45) is 5.78. The number of carbonyl (C=O) groups excluding carboxylic acids is 1. The summed E-state index contributed by atoms with van der Waals surface area (Å²) < 4.78 is 6.22. The molecule has 0 atom stereocenters. The second-order valence-corrected chi connectivity index (χ2v) is 7.08. The van der Waals surface area contributed by atoms with E-state index < -0.39 is 0 Å². The van der Waals surface area contributed by atoms with E-state index >= 15 is 0 Å². The Morgan fingerprint density at radius 1 is 1.28 bits per heavy atom. The Labute approximate surface area is 149 Å². The van der Waals surface area contributed by atoms with Gasteiger partial charge in [-0.15, -0.1) is 0 Å². The monoisotopic (exact) mass is 354 g/mol. The van der Waals surface area contributed by atoms with E-state index in [0.717, 1.165) is 48.1 Å². The molecule has 3 N–H and O–H groups in total. The predicted octanol–water partition coefficient (Wildman–Crippen LogP) is 2.29. The fourth-order valence-electron chi connectivity index (χ4n) is 3.00. The number of pyridine rings is 1. The number of piperidine rings is 1. The van der Waals surface area contributed by atoms with Crippen LogP contribution in [0.2, 0.25) is 0 Å². The smallest absolute Gasteiger partial charge is 0.286 e. The minimum Gasteiger partial charge on any atom is -0.490 e. The number of amides is 1. The molecule has 0 aliphatic carbocycles. The number of hydrogen-bond acceptors (Lipinski definition) is 6. The summed E-state index contributed by atoms with van der Waals surface area (Å²) in [5.74, 6) is 0.540. The van der Waals surface area contributed by atoms with Crippen molar-refractivity contribution >= 4 is 39.8 Å². The molecule has 1 fully saturated rings. The zero-order valence-corrected chi connectivity index (χ0v) is 14.4. The van der Waals surface area contributed by atoms with Crippen LogP contribution in [0.1, 0.15) is 18.4 Å². The van der Waals surface area contributed by atoms with Gasteiger partial charge in [0.25, 0.3) is 5.91 Å². The largest absolute Gasteiger partial charge is 0.490 e. The summed E-state index contributed by atoms with van der Waals surface area (Å²) in [4.78, 5) is 20.4. The molecule has 1 saturated heterocycles. The van der Waals surface area contributed by atoms with E-state index in [4.69, 9.17) is 10.5 Å². The molecule has 2 aromatic rings. The SMILES string of the molecule is NC1=NC(=O)/C(=C\c2ccc3nccc(OC4CCNCC4)c3c2)S1. The minimum absolute atomic E-state index is 0.217. The maximum absolute atomic E-state index is 11.8. The molecular weight excluding hydrogens is 336 g/mol. The van der Waals surface area contributed by atoms with E-state index in [1.165, 1.54) is 11.8 Å². The van der Waals surface area contributed by atoms with Crippen LogP contribution < -0.4 is 15.8 Å². The van der Waals surface area contributed by atoms with Crippen molar-refractivity contribution in [1.82, 2.24) is 10.3 Å². The lowest BCUT2D eigenvalue weighted by atomic mass is 10.1. The first-order valence-electron chi connectivity index (χ1n) is 8.23. The van der Waals surface area contributed by atoms with Crippen molar-refractivity contribution in [3.63, 3.8) is 0 Å². The van der Waals surface area contributed by atoms with Gasteiger partial charge in [-0.2, -0.15) is 4.99 Å². The van der Waals surface area contributed by atoms with Crippen LogP contribution in [0.15, 0.2) is 40.4 Å². The van der Waals surface area contributed by atoms with E-state index in [1.807, 2.05) is 24.3 Å². The Balaban J connectivity index is 1.66. The number of amidine groups is 1. The van der Waals surface area contributed by atoms with Gasteiger partial charge in [0.05, 0.1) is 10.4 Å². The Morgan fingerprint density at radius 2 is 2.12 bits per heavy atom. The van der Waals surface area contributed by atoms with Gasteiger partial charge in [0.15, 0.2) is 5.17 Å². The third-order valence-corrected chi connectivity index (χ3v) is 5.05. The van der Waals surface area contributed by atoms with Gasteiger partial charge in [0.2, 0.25) is 0 Å². The molecule has 0 radical (unpaired) electrons. The number of aliphatic imine (C=N–C) groups is 1. The summed E-state index contributed by atoms with van der Waals surface area (Å²) >= 11 is 1.19. The number of ether oxygens (including phenoxy) is 1. The number of fused-ring (bicyclic) bond motifs is 1. The molecule has 4 rings (SSSR count). The number of rotatable bonds is 3. The molecule has 1 aromatic heterocycles. The first kappa shape index (κ1) is 16.1. The predicted molar refractivity (Wildman–Crippen MR) is 100 cm³/mol. The molecule has 2 aliphatic heterocycles.